The van der Waals surface area contributed by atoms with Gasteiger partial charge in [0.05, 0.1) is 0 Å². The van der Waals surface area contributed by atoms with Crippen LogP contribution in [0.1, 0.15) is 25.3 Å². The molecule has 0 saturated heterocycles. The molecule has 0 bridgehead atoms. The molecule has 0 aliphatic rings. The van der Waals surface area contributed by atoms with Crippen LogP contribution in [0, 0.1) is 0 Å². The summed E-state index contributed by atoms with van der Waals surface area (Å²) in [6, 6.07) is 16.8. The molecule has 3 aromatic rings. The highest BCUT2D eigenvalue weighted by molar-refractivity contribution is 5.97. The van der Waals surface area contributed by atoms with Gasteiger partial charge >= 0.3 is 5.97 Å². The number of hydrogen-bond acceptors (Lipinski definition) is 7. The fraction of sp³-hybridized carbons (Fsp3) is 0.292. The summed E-state index contributed by atoms with van der Waals surface area (Å²) in [5, 5.41) is 13.3. The van der Waals surface area contributed by atoms with Gasteiger partial charge in [-0.2, -0.15) is 0 Å². The summed E-state index contributed by atoms with van der Waals surface area (Å²) in [6.45, 7) is 4.43. The molecule has 8 nitrogen and oxygen atoms in total. The van der Waals surface area contributed by atoms with Crippen LogP contribution in [0.15, 0.2) is 70.4 Å². The lowest BCUT2D eigenvalue weighted by atomic mass is 10.1. The first-order valence-electron chi connectivity index (χ1n) is 10.4. The molecule has 1 N–H and O–H groups in total. The summed E-state index contributed by atoms with van der Waals surface area (Å²) in [6.07, 6.45) is 0.970. The van der Waals surface area contributed by atoms with Crippen molar-refractivity contribution in [1.82, 2.24) is 4.98 Å². The van der Waals surface area contributed by atoms with Crippen LogP contribution in [0.4, 0.5) is 0 Å². The first kappa shape index (κ1) is 23.0. The summed E-state index contributed by atoms with van der Waals surface area (Å²) in [5.41, 5.74) is 2.87. The van der Waals surface area contributed by atoms with Crippen molar-refractivity contribution in [2.24, 2.45) is 5.16 Å². The molecule has 0 fully saturated rings. The quantitative estimate of drug-likeness (QED) is 0.334. The van der Waals surface area contributed by atoms with Crippen molar-refractivity contribution in [2.75, 3.05) is 19.8 Å². The Morgan fingerprint density at radius 2 is 1.84 bits per heavy atom. The van der Waals surface area contributed by atoms with E-state index < -0.39 is 12.1 Å². The second kappa shape index (κ2) is 11.7. The average Bonchev–Trinajstić information content (AvgIpc) is 3.30. The summed E-state index contributed by atoms with van der Waals surface area (Å²) in [5.74, 6) is -0.0733. The van der Waals surface area contributed by atoms with E-state index in [1.165, 1.54) is 0 Å². The van der Waals surface area contributed by atoms with E-state index in [9.17, 15) is 9.90 Å². The van der Waals surface area contributed by atoms with Crippen molar-refractivity contribution in [2.45, 2.75) is 26.4 Å². The molecule has 0 amide bonds. The molecule has 2 aromatic carbocycles. The number of aliphatic carboxylic acids is 1. The number of carboxylic acid groups (broad SMARTS) is 1. The van der Waals surface area contributed by atoms with E-state index in [1.807, 2.05) is 49.4 Å². The molecule has 1 aromatic heterocycles. The fourth-order valence-corrected chi connectivity index (χ4v) is 2.92. The molecule has 0 saturated carbocycles. The van der Waals surface area contributed by atoms with Crippen molar-refractivity contribution in [1.29, 1.82) is 0 Å². The van der Waals surface area contributed by atoms with Crippen LogP contribution in [-0.2, 0) is 20.8 Å². The topological polar surface area (TPSA) is 103 Å². The van der Waals surface area contributed by atoms with Gasteiger partial charge in [0.15, 0.2) is 11.8 Å². The first-order chi connectivity index (χ1) is 15.6. The third kappa shape index (κ3) is 6.42. The predicted molar refractivity (Wildman–Crippen MR) is 119 cm³/mol. The van der Waals surface area contributed by atoms with E-state index in [0.717, 1.165) is 11.1 Å². The Bertz CT molecular complexity index is 1010. The molecule has 1 unspecified atom stereocenters. The van der Waals surface area contributed by atoms with Gasteiger partial charge in [-0.3, -0.25) is 0 Å². The number of oxazole rings is 1. The molecular formula is C24H26N2O6. The normalized spacial score (nSPS) is 12.4. The predicted octanol–water partition coefficient (Wildman–Crippen LogP) is 4.19. The highest BCUT2D eigenvalue weighted by atomic mass is 16.6. The van der Waals surface area contributed by atoms with Crippen molar-refractivity contribution in [3.63, 3.8) is 0 Å². The lowest BCUT2D eigenvalue weighted by Crippen LogP contribution is -2.26. The maximum atomic E-state index is 11.3. The number of hydrogen-bond donors (Lipinski definition) is 1. The molecule has 8 heteroatoms. The number of carboxylic acids is 1. The van der Waals surface area contributed by atoms with Gasteiger partial charge < -0.3 is 23.8 Å². The standard InChI is InChI=1S/C24H26N2O6/c1-3-29-22(24(27)28)14-17-10-12-19(13-11-17)30-16-21(26-32-4-2)23-25-20(15-31-23)18-8-6-5-7-9-18/h5-13,15,22H,3-4,14,16H2,1-2H3,(H,27,28)/b26-21+. The van der Waals surface area contributed by atoms with Gasteiger partial charge in [-0.25, -0.2) is 9.78 Å². The molecule has 32 heavy (non-hydrogen) atoms. The minimum atomic E-state index is -0.982. The maximum Gasteiger partial charge on any atom is 0.333 e. The summed E-state index contributed by atoms with van der Waals surface area (Å²) >= 11 is 0. The molecule has 0 spiro atoms. The Balaban J connectivity index is 1.66. The highest BCUT2D eigenvalue weighted by Crippen LogP contribution is 2.19. The lowest BCUT2D eigenvalue weighted by Gasteiger charge is -2.13. The molecule has 168 valence electrons. The fourth-order valence-electron chi connectivity index (χ4n) is 2.92. The molecule has 3 rings (SSSR count). The lowest BCUT2D eigenvalue weighted by molar-refractivity contribution is -0.149. The van der Waals surface area contributed by atoms with E-state index in [4.69, 9.17) is 18.7 Å². The van der Waals surface area contributed by atoms with Gasteiger partial charge in [0.1, 0.15) is 30.9 Å². The number of aromatic nitrogens is 1. The van der Waals surface area contributed by atoms with Crippen LogP contribution >= 0.6 is 0 Å². The SMILES string of the molecule is CCO/N=C(\COc1ccc(CC(OCC)C(=O)O)cc1)c1nc(-c2ccccc2)co1. The molecule has 0 aliphatic heterocycles. The third-order valence-corrected chi connectivity index (χ3v) is 4.49. The molecule has 1 atom stereocenters. The number of oxime groups is 1. The monoisotopic (exact) mass is 438 g/mol. The van der Waals surface area contributed by atoms with E-state index in [0.29, 0.717) is 36.3 Å². The molecule has 0 aliphatic carbocycles. The Labute approximate surface area is 186 Å². The molecule has 0 radical (unpaired) electrons. The Kier molecular flexibility index (Phi) is 8.39. The van der Waals surface area contributed by atoms with E-state index in [-0.39, 0.29) is 13.0 Å². The maximum absolute atomic E-state index is 11.3. The Morgan fingerprint density at radius 1 is 1.09 bits per heavy atom. The first-order valence-corrected chi connectivity index (χ1v) is 10.4. The zero-order chi connectivity index (χ0) is 22.8. The van der Waals surface area contributed by atoms with Crippen molar-refractivity contribution >= 4 is 11.7 Å². The zero-order valence-electron chi connectivity index (χ0n) is 18.1. The Hall–Kier alpha value is -3.65. The van der Waals surface area contributed by atoms with Gasteiger partial charge in [0.25, 0.3) is 0 Å². The number of carbonyl (C=O) groups is 1. The summed E-state index contributed by atoms with van der Waals surface area (Å²) in [4.78, 5) is 21.0. The van der Waals surface area contributed by atoms with Gasteiger partial charge in [0.2, 0.25) is 5.89 Å². The minimum absolute atomic E-state index is 0.0881. The van der Waals surface area contributed by atoms with Gasteiger partial charge in [-0.05, 0) is 31.5 Å². The Morgan fingerprint density at radius 3 is 2.50 bits per heavy atom. The number of ether oxygens (including phenoxy) is 2. The second-order valence-electron chi connectivity index (χ2n) is 6.78. The van der Waals surface area contributed by atoms with Gasteiger partial charge in [-0.1, -0.05) is 47.6 Å². The van der Waals surface area contributed by atoms with Gasteiger partial charge in [-0.15, -0.1) is 0 Å². The van der Waals surface area contributed by atoms with E-state index in [2.05, 4.69) is 10.1 Å². The minimum Gasteiger partial charge on any atom is -0.487 e. The van der Waals surface area contributed by atoms with Crippen LogP contribution in [0.5, 0.6) is 5.75 Å². The number of nitrogens with zero attached hydrogens (tertiary/aromatic N) is 2. The summed E-state index contributed by atoms with van der Waals surface area (Å²) < 4.78 is 16.7. The average molecular weight is 438 g/mol. The third-order valence-electron chi connectivity index (χ3n) is 4.49. The van der Waals surface area contributed by atoms with Crippen LogP contribution < -0.4 is 4.74 Å². The van der Waals surface area contributed by atoms with Crippen molar-refractivity contribution in [3.05, 3.63) is 72.3 Å². The smallest absolute Gasteiger partial charge is 0.333 e. The number of rotatable bonds is 12. The van der Waals surface area contributed by atoms with E-state index >= 15 is 0 Å². The van der Waals surface area contributed by atoms with Crippen molar-refractivity contribution < 1.29 is 28.6 Å². The van der Waals surface area contributed by atoms with Crippen LogP contribution in [0.3, 0.4) is 0 Å². The van der Waals surface area contributed by atoms with Crippen LogP contribution in [-0.4, -0.2) is 47.7 Å². The van der Waals surface area contributed by atoms with E-state index in [1.54, 1.807) is 25.3 Å². The second-order valence-corrected chi connectivity index (χ2v) is 6.78. The summed E-state index contributed by atoms with van der Waals surface area (Å²) in [7, 11) is 0. The van der Waals surface area contributed by atoms with Crippen LogP contribution in [0.2, 0.25) is 0 Å². The molecule has 1 heterocycles. The van der Waals surface area contributed by atoms with Crippen LogP contribution in [0.25, 0.3) is 11.3 Å². The van der Waals surface area contributed by atoms with Crippen molar-refractivity contribution in [3.8, 4) is 17.0 Å². The highest BCUT2D eigenvalue weighted by Gasteiger charge is 2.18. The zero-order valence-corrected chi connectivity index (χ0v) is 18.1. The molecular weight excluding hydrogens is 412 g/mol. The van der Waals surface area contributed by atoms with Gasteiger partial charge in [0, 0.05) is 18.6 Å². The number of benzene rings is 2. The largest absolute Gasteiger partial charge is 0.487 e.